The van der Waals surface area contributed by atoms with Crippen molar-refractivity contribution in [3.05, 3.63) is 64.2 Å². The average molecular weight is 544 g/mol. The molecule has 1 aliphatic carbocycles. The van der Waals surface area contributed by atoms with Crippen LogP contribution in [0.15, 0.2) is 42.5 Å². The first-order valence-electron chi connectivity index (χ1n) is 12.8. The standard InChI is InChI=1S/C27H30ClN3O5S/c28-24-17-20(11-10-18(24)16-19-12-13-30(25(19)32)21-6-2-1-3-7-21)29-37(35,36)15-14-31-26(33)22-8-4-5-9-23(22)27(31)34/h4-5,8-11,17,19,21,29H,1-3,6-7,12-16H2. The molecule has 0 radical (unpaired) electrons. The minimum Gasteiger partial charge on any atom is -0.339 e. The number of hydrogen-bond acceptors (Lipinski definition) is 5. The summed E-state index contributed by atoms with van der Waals surface area (Å²) in [6, 6.07) is 11.7. The van der Waals surface area contributed by atoms with E-state index in [1.165, 1.54) is 25.3 Å². The van der Waals surface area contributed by atoms with Gasteiger partial charge in [0.2, 0.25) is 15.9 Å². The molecule has 10 heteroatoms. The van der Waals surface area contributed by atoms with E-state index < -0.39 is 27.6 Å². The molecule has 0 aromatic heterocycles. The normalized spacial score (nSPS) is 20.6. The van der Waals surface area contributed by atoms with Crippen LogP contribution in [-0.4, -0.2) is 60.8 Å². The second-order valence-corrected chi connectivity index (χ2v) is 12.3. The first-order chi connectivity index (χ1) is 17.7. The van der Waals surface area contributed by atoms with Crippen LogP contribution in [-0.2, 0) is 21.2 Å². The monoisotopic (exact) mass is 543 g/mol. The number of carbonyl (C=O) groups is 3. The number of amides is 3. The molecule has 1 atom stereocenters. The van der Waals surface area contributed by atoms with Crippen molar-refractivity contribution in [1.29, 1.82) is 0 Å². The van der Waals surface area contributed by atoms with Crippen LogP contribution in [0.5, 0.6) is 0 Å². The third-order valence-electron chi connectivity index (χ3n) is 7.62. The number of rotatable bonds is 8. The van der Waals surface area contributed by atoms with Crippen LogP contribution in [0.2, 0.25) is 5.02 Å². The minimum atomic E-state index is -3.85. The molecule has 1 unspecified atom stereocenters. The van der Waals surface area contributed by atoms with Gasteiger partial charge in [0.05, 0.1) is 16.9 Å². The van der Waals surface area contributed by atoms with E-state index in [0.717, 1.165) is 36.3 Å². The third-order valence-corrected chi connectivity index (χ3v) is 9.24. The Kier molecular flexibility index (Phi) is 7.27. The van der Waals surface area contributed by atoms with Gasteiger partial charge in [0.15, 0.2) is 0 Å². The number of fused-ring (bicyclic) bond motifs is 1. The molecule has 37 heavy (non-hydrogen) atoms. The summed E-state index contributed by atoms with van der Waals surface area (Å²) in [5.41, 5.74) is 1.66. The first kappa shape index (κ1) is 25.7. The van der Waals surface area contributed by atoms with Gasteiger partial charge in [-0.1, -0.05) is 49.1 Å². The van der Waals surface area contributed by atoms with Gasteiger partial charge in [0.1, 0.15) is 0 Å². The number of anilines is 1. The van der Waals surface area contributed by atoms with E-state index in [2.05, 4.69) is 9.62 Å². The second kappa shape index (κ2) is 10.5. The summed E-state index contributed by atoms with van der Waals surface area (Å²) in [5.74, 6) is -1.34. The number of nitrogens with one attached hydrogen (secondary N) is 1. The molecule has 3 aliphatic rings. The van der Waals surface area contributed by atoms with Gasteiger partial charge < -0.3 is 4.90 Å². The van der Waals surface area contributed by atoms with Crippen molar-refractivity contribution in [2.75, 3.05) is 23.6 Å². The molecule has 1 N–H and O–H groups in total. The van der Waals surface area contributed by atoms with Crippen molar-refractivity contribution in [3.8, 4) is 0 Å². The fourth-order valence-corrected chi connectivity index (χ4v) is 6.90. The molecule has 1 saturated heterocycles. The number of imide groups is 1. The number of hydrogen-bond donors (Lipinski definition) is 1. The van der Waals surface area contributed by atoms with Crippen molar-refractivity contribution in [3.63, 3.8) is 0 Å². The Morgan fingerprint density at radius 3 is 2.24 bits per heavy atom. The largest absolute Gasteiger partial charge is 0.339 e. The van der Waals surface area contributed by atoms with E-state index in [1.54, 1.807) is 36.4 Å². The van der Waals surface area contributed by atoms with Gasteiger partial charge in [-0.2, -0.15) is 0 Å². The predicted octanol–water partition coefficient (Wildman–Crippen LogP) is 4.10. The Morgan fingerprint density at radius 1 is 0.919 bits per heavy atom. The lowest BCUT2D eigenvalue weighted by Gasteiger charge is -2.31. The molecular formula is C27H30ClN3O5S. The topological polar surface area (TPSA) is 104 Å². The highest BCUT2D eigenvalue weighted by molar-refractivity contribution is 7.92. The van der Waals surface area contributed by atoms with E-state index in [4.69, 9.17) is 11.6 Å². The number of likely N-dealkylation sites (tertiary alicyclic amines) is 1. The maximum absolute atomic E-state index is 13.0. The van der Waals surface area contributed by atoms with E-state index >= 15 is 0 Å². The highest BCUT2D eigenvalue weighted by atomic mass is 35.5. The summed E-state index contributed by atoms with van der Waals surface area (Å²) in [4.78, 5) is 41.0. The molecule has 2 heterocycles. The van der Waals surface area contributed by atoms with Crippen LogP contribution in [0.3, 0.4) is 0 Å². The maximum Gasteiger partial charge on any atom is 0.261 e. The minimum absolute atomic E-state index is 0.110. The van der Waals surface area contributed by atoms with Crippen LogP contribution >= 0.6 is 11.6 Å². The summed E-state index contributed by atoms with van der Waals surface area (Å²) in [6.45, 7) is 0.533. The lowest BCUT2D eigenvalue weighted by atomic mass is 9.94. The predicted molar refractivity (Wildman–Crippen MR) is 141 cm³/mol. The van der Waals surface area contributed by atoms with Gasteiger partial charge in [0.25, 0.3) is 11.8 Å². The van der Waals surface area contributed by atoms with Crippen molar-refractivity contribution < 1.29 is 22.8 Å². The van der Waals surface area contributed by atoms with Crippen molar-refractivity contribution in [2.24, 2.45) is 5.92 Å². The lowest BCUT2D eigenvalue weighted by molar-refractivity contribution is -0.133. The van der Waals surface area contributed by atoms with Crippen molar-refractivity contribution in [2.45, 2.75) is 51.0 Å². The lowest BCUT2D eigenvalue weighted by Crippen LogP contribution is -2.39. The molecule has 1 saturated carbocycles. The molecule has 2 aliphatic heterocycles. The van der Waals surface area contributed by atoms with Crippen LogP contribution < -0.4 is 4.72 Å². The molecule has 2 fully saturated rings. The molecule has 5 rings (SSSR count). The summed E-state index contributed by atoms with van der Waals surface area (Å²) in [6.07, 6.45) is 7.10. The van der Waals surface area contributed by atoms with E-state index in [0.29, 0.717) is 17.5 Å². The van der Waals surface area contributed by atoms with E-state index in [1.807, 2.05) is 0 Å². The Balaban J connectivity index is 1.18. The Morgan fingerprint density at radius 2 is 1.59 bits per heavy atom. The highest BCUT2D eigenvalue weighted by Crippen LogP contribution is 2.32. The number of sulfonamides is 1. The zero-order valence-electron chi connectivity index (χ0n) is 20.5. The van der Waals surface area contributed by atoms with Gasteiger partial charge in [-0.25, -0.2) is 8.42 Å². The fraction of sp³-hybridized carbons (Fsp3) is 0.444. The van der Waals surface area contributed by atoms with Gasteiger partial charge in [-0.05, 0) is 55.5 Å². The average Bonchev–Trinajstić information content (AvgIpc) is 3.36. The molecule has 3 amide bonds. The third kappa shape index (κ3) is 5.38. The number of carbonyl (C=O) groups excluding carboxylic acids is 3. The highest BCUT2D eigenvalue weighted by Gasteiger charge is 2.37. The molecule has 0 spiro atoms. The zero-order valence-corrected chi connectivity index (χ0v) is 22.1. The molecular weight excluding hydrogens is 514 g/mol. The van der Waals surface area contributed by atoms with Crippen molar-refractivity contribution >= 4 is 45.0 Å². The van der Waals surface area contributed by atoms with Gasteiger partial charge in [-0.3, -0.25) is 24.0 Å². The van der Waals surface area contributed by atoms with Gasteiger partial charge >= 0.3 is 0 Å². The van der Waals surface area contributed by atoms with Crippen LogP contribution in [0.4, 0.5) is 5.69 Å². The molecule has 2 aromatic rings. The summed E-state index contributed by atoms with van der Waals surface area (Å²) in [7, 11) is -3.85. The maximum atomic E-state index is 13.0. The molecule has 0 bridgehead atoms. The number of halogens is 1. The fourth-order valence-electron chi connectivity index (χ4n) is 5.63. The molecule has 2 aromatic carbocycles. The summed E-state index contributed by atoms with van der Waals surface area (Å²) in [5, 5.41) is 0.393. The Labute approximate surface area is 222 Å². The number of nitrogens with zero attached hydrogens (tertiary/aromatic N) is 2. The molecule has 8 nitrogen and oxygen atoms in total. The quantitative estimate of drug-likeness (QED) is 0.505. The smallest absolute Gasteiger partial charge is 0.261 e. The van der Waals surface area contributed by atoms with Gasteiger partial charge in [0, 0.05) is 35.8 Å². The van der Waals surface area contributed by atoms with Crippen molar-refractivity contribution in [1.82, 2.24) is 9.80 Å². The van der Waals surface area contributed by atoms with Gasteiger partial charge in [-0.15, -0.1) is 0 Å². The van der Waals surface area contributed by atoms with E-state index in [9.17, 15) is 22.8 Å². The second-order valence-electron chi connectivity index (χ2n) is 10.0. The van der Waals surface area contributed by atoms with E-state index in [-0.39, 0.29) is 35.2 Å². The SMILES string of the molecule is O=C1c2ccccc2C(=O)N1CCS(=O)(=O)Nc1ccc(CC2CCN(C3CCCCC3)C2=O)c(Cl)c1. The Bertz CT molecular complexity index is 1300. The van der Waals surface area contributed by atoms with Crippen LogP contribution in [0.25, 0.3) is 0 Å². The zero-order chi connectivity index (χ0) is 26.2. The summed E-state index contributed by atoms with van der Waals surface area (Å²) < 4.78 is 27.9. The summed E-state index contributed by atoms with van der Waals surface area (Å²) >= 11 is 6.48. The van der Waals surface area contributed by atoms with Crippen LogP contribution in [0.1, 0.15) is 64.8 Å². The number of benzene rings is 2. The first-order valence-corrected chi connectivity index (χ1v) is 14.8. The van der Waals surface area contributed by atoms with Crippen LogP contribution in [0, 0.1) is 5.92 Å². The Hall–Kier alpha value is -2.91. The molecule has 196 valence electrons.